The van der Waals surface area contributed by atoms with Crippen molar-refractivity contribution in [2.45, 2.75) is 13.8 Å². The van der Waals surface area contributed by atoms with Crippen LogP contribution in [0.5, 0.6) is 0 Å². The predicted octanol–water partition coefficient (Wildman–Crippen LogP) is 2.99. The van der Waals surface area contributed by atoms with E-state index >= 15 is 0 Å². The second-order valence-corrected chi connectivity index (χ2v) is 9.71. The van der Waals surface area contributed by atoms with E-state index in [0.29, 0.717) is 10.6 Å². The number of hydrazone groups is 1. The van der Waals surface area contributed by atoms with Crippen molar-refractivity contribution in [3.63, 3.8) is 0 Å². The van der Waals surface area contributed by atoms with Crippen LogP contribution in [0.3, 0.4) is 0 Å². The minimum atomic E-state index is -3.59. The summed E-state index contributed by atoms with van der Waals surface area (Å²) >= 11 is 6.63. The van der Waals surface area contributed by atoms with E-state index in [-0.39, 0.29) is 32.6 Å². The monoisotopic (exact) mass is 410 g/mol. The summed E-state index contributed by atoms with van der Waals surface area (Å²) in [5, 5.41) is 14.0. The first kappa shape index (κ1) is 18.8. The lowest BCUT2D eigenvalue weighted by atomic mass is 10.1. The molecule has 0 saturated heterocycles. The molecule has 3 rings (SSSR count). The second-order valence-electron chi connectivity index (χ2n) is 6.11. The van der Waals surface area contributed by atoms with Crippen molar-refractivity contribution in [3.05, 3.63) is 40.4 Å². The van der Waals surface area contributed by atoms with Crippen LogP contribution < -0.4 is 0 Å². The number of sulfone groups is 1. The number of nitrogens with zero attached hydrogens (tertiary/aromatic N) is 3. The Balaban J connectivity index is 1.94. The molecule has 136 valence electrons. The number of hydrogen-bond donors (Lipinski definition) is 1. The van der Waals surface area contributed by atoms with Gasteiger partial charge in [0.1, 0.15) is 0 Å². The van der Waals surface area contributed by atoms with E-state index in [0.717, 1.165) is 16.8 Å². The molecular weight excluding hydrogens is 396 g/mol. The van der Waals surface area contributed by atoms with Gasteiger partial charge in [0, 0.05) is 5.02 Å². The highest BCUT2D eigenvalue weighted by atomic mass is 35.5. The van der Waals surface area contributed by atoms with Gasteiger partial charge in [0.15, 0.2) is 5.84 Å². The van der Waals surface area contributed by atoms with E-state index < -0.39 is 15.7 Å². The lowest BCUT2D eigenvalue weighted by Crippen LogP contribution is -2.35. The van der Waals surface area contributed by atoms with Gasteiger partial charge in [-0.3, -0.25) is 10.2 Å². The van der Waals surface area contributed by atoms with Gasteiger partial charge in [0.05, 0.1) is 11.3 Å². The van der Waals surface area contributed by atoms with Crippen LogP contribution in [0.2, 0.25) is 5.02 Å². The number of hydrogen-bond acceptors (Lipinski definition) is 6. The molecule has 1 amide bonds. The minimum absolute atomic E-state index is 0.0305. The fourth-order valence-corrected chi connectivity index (χ4v) is 5.25. The van der Waals surface area contributed by atoms with Crippen LogP contribution in [0.25, 0.3) is 6.08 Å². The van der Waals surface area contributed by atoms with Crippen molar-refractivity contribution >= 4 is 60.6 Å². The topological polar surface area (TPSA) is 103 Å². The van der Waals surface area contributed by atoms with Gasteiger partial charge in [-0.2, -0.15) is 10.0 Å². The van der Waals surface area contributed by atoms with Crippen molar-refractivity contribution in [2.75, 3.05) is 5.75 Å². The maximum atomic E-state index is 12.4. The van der Waals surface area contributed by atoms with Crippen molar-refractivity contribution in [2.24, 2.45) is 16.0 Å². The van der Waals surface area contributed by atoms with Gasteiger partial charge >= 0.3 is 0 Å². The van der Waals surface area contributed by atoms with Gasteiger partial charge in [-0.15, -0.1) is 5.10 Å². The summed E-state index contributed by atoms with van der Waals surface area (Å²) in [5.74, 6) is -0.947. The summed E-state index contributed by atoms with van der Waals surface area (Å²) in [5.41, 5.74) is 0.701. The number of fused-ring (bicyclic) bond motifs is 1. The molecule has 10 heteroatoms. The Bertz CT molecular complexity index is 979. The van der Waals surface area contributed by atoms with Gasteiger partial charge in [0.25, 0.3) is 5.91 Å². The highest BCUT2D eigenvalue weighted by molar-refractivity contribution is 8.42. The molecule has 2 aliphatic heterocycles. The molecule has 0 fully saturated rings. The van der Waals surface area contributed by atoms with Crippen LogP contribution >= 0.6 is 23.4 Å². The summed E-state index contributed by atoms with van der Waals surface area (Å²) in [4.78, 5) is 16.2. The minimum Gasteiger partial charge on any atom is -0.282 e. The normalized spacial score (nSPS) is 19.1. The molecule has 2 heterocycles. The Morgan fingerprint density at radius 3 is 2.58 bits per heavy atom. The van der Waals surface area contributed by atoms with Gasteiger partial charge < -0.3 is 0 Å². The number of nitrogens with one attached hydrogen (secondary N) is 1. The molecule has 0 bridgehead atoms. The summed E-state index contributed by atoms with van der Waals surface area (Å²) in [6, 6.07) is 6.74. The zero-order chi connectivity index (χ0) is 19.1. The number of rotatable bonds is 3. The van der Waals surface area contributed by atoms with Crippen LogP contribution in [-0.4, -0.2) is 40.5 Å². The maximum absolute atomic E-state index is 12.4. The molecule has 2 aliphatic rings. The zero-order valence-corrected chi connectivity index (χ0v) is 16.3. The number of halogens is 1. The van der Waals surface area contributed by atoms with Gasteiger partial charge in [-0.1, -0.05) is 37.6 Å². The molecule has 1 aromatic carbocycles. The molecule has 0 atom stereocenters. The third kappa shape index (κ3) is 3.74. The highest BCUT2D eigenvalue weighted by Gasteiger charge is 2.39. The molecule has 26 heavy (non-hydrogen) atoms. The average molecular weight is 411 g/mol. The molecule has 0 radical (unpaired) electrons. The van der Waals surface area contributed by atoms with Crippen LogP contribution in [0.1, 0.15) is 19.4 Å². The van der Waals surface area contributed by atoms with Gasteiger partial charge in [-0.05, 0) is 41.5 Å². The molecule has 0 aromatic heterocycles. The number of amidine groups is 2. The molecule has 0 saturated carbocycles. The number of amides is 1. The Kier molecular flexibility index (Phi) is 5.05. The van der Waals surface area contributed by atoms with Crippen LogP contribution in [0.15, 0.2) is 39.9 Å². The predicted molar refractivity (Wildman–Crippen MR) is 105 cm³/mol. The Morgan fingerprint density at radius 2 is 1.96 bits per heavy atom. The standard InChI is InChI=1S/C16H15ClN4O3S2/c1-9(2)8-26(23,24)16-20-21-13(18)12(14(22)19-15(21)25-16)7-10-3-5-11(17)6-4-10/h3-7,9,18H,8H2,1-2H3/b12-7+,18-13?. The number of benzene rings is 1. The number of carbonyl (C=O) groups excluding carboxylic acids is 1. The van der Waals surface area contributed by atoms with Crippen molar-refractivity contribution < 1.29 is 13.2 Å². The Hall–Kier alpha value is -1.97. The van der Waals surface area contributed by atoms with Crippen LogP contribution in [0.4, 0.5) is 0 Å². The van der Waals surface area contributed by atoms with Crippen molar-refractivity contribution in [1.82, 2.24) is 5.01 Å². The summed E-state index contributed by atoms with van der Waals surface area (Å²) in [6.07, 6.45) is 1.50. The van der Waals surface area contributed by atoms with E-state index in [1.54, 1.807) is 38.1 Å². The summed E-state index contributed by atoms with van der Waals surface area (Å²) < 4.78 is 24.6. The number of thioether (sulfide) groups is 1. The Labute approximate surface area is 160 Å². The molecule has 1 N–H and O–H groups in total. The van der Waals surface area contributed by atoms with Crippen LogP contribution in [-0.2, 0) is 14.6 Å². The quantitative estimate of drug-likeness (QED) is 0.771. The first-order valence-electron chi connectivity index (χ1n) is 7.66. The van der Waals surface area contributed by atoms with E-state index in [1.807, 2.05) is 0 Å². The van der Waals surface area contributed by atoms with Gasteiger partial charge in [-0.25, -0.2) is 8.42 Å². The lowest BCUT2D eigenvalue weighted by Gasteiger charge is -2.20. The molecule has 0 spiro atoms. The number of carbonyl (C=O) groups is 1. The van der Waals surface area contributed by atoms with Crippen molar-refractivity contribution in [1.29, 1.82) is 5.41 Å². The third-order valence-electron chi connectivity index (χ3n) is 3.44. The smallest absolute Gasteiger partial charge is 0.282 e. The lowest BCUT2D eigenvalue weighted by molar-refractivity contribution is -0.114. The molecule has 0 aliphatic carbocycles. The van der Waals surface area contributed by atoms with E-state index in [9.17, 15) is 13.2 Å². The average Bonchev–Trinajstić information content (AvgIpc) is 2.97. The van der Waals surface area contributed by atoms with Gasteiger partial charge in [0.2, 0.25) is 19.4 Å². The SMILES string of the molecule is CC(C)CS(=O)(=O)C1=NN2C(=N)/C(=C\c3ccc(Cl)cc3)C(=O)N=C2S1. The third-order valence-corrected chi connectivity index (χ3v) is 7.12. The Morgan fingerprint density at radius 1 is 1.31 bits per heavy atom. The summed E-state index contributed by atoms with van der Waals surface area (Å²) in [7, 11) is -3.59. The molecular formula is C16H15ClN4O3S2. The molecule has 0 unspecified atom stereocenters. The second kappa shape index (κ2) is 6.98. The van der Waals surface area contributed by atoms with Crippen LogP contribution in [0, 0.1) is 11.3 Å². The van der Waals surface area contributed by atoms with E-state index in [4.69, 9.17) is 17.0 Å². The fourth-order valence-electron chi connectivity index (χ4n) is 2.34. The first-order valence-corrected chi connectivity index (χ1v) is 10.5. The molecule has 1 aromatic rings. The fraction of sp³-hybridized carbons (Fsp3) is 0.250. The molecule has 7 nitrogen and oxygen atoms in total. The number of aliphatic imine (C=N–C) groups is 1. The van der Waals surface area contributed by atoms with Crippen molar-refractivity contribution in [3.8, 4) is 0 Å². The maximum Gasteiger partial charge on any atom is 0.283 e. The largest absolute Gasteiger partial charge is 0.283 e. The highest BCUT2D eigenvalue weighted by Crippen LogP contribution is 2.31. The first-order chi connectivity index (χ1) is 12.2. The van der Waals surface area contributed by atoms with E-state index in [1.165, 1.54) is 6.08 Å². The van der Waals surface area contributed by atoms with E-state index in [2.05, 4.69) is 10.1 Å². The zero-order valence-electron chi connectivity index (χ0n) is 13.9. The summed E-state index contributed by atoms with van der Waals surface area (Å²) in [6.45, 7) is 3.59.